The minimum atomic E-state index is -1.01. The first kappa shape index (κ1) is 16.0. The first-order valence-corrected chi connectivity index (χ1v) is 6.05. The molecule has 1 rings (SSSR count). The third kappa shape index (κ3) is 4.55. The summed E-state index contributed by atoms with van der Waals surface area (Å²) in [5.74, 6) is -1.98. The van der Waals surface area contributed by atoms with E-state index in [1.165, 1.54) is 14.2 Å². The van der Waals surface area contributed by atoms with Crippen LogP contribution >= 0.6 is 11.6 Å². The number of carbonyl (C=O) groups excluding carboxylic acids is 3. The number of rotatable bonds is 5. The van der Waals surface area contributed by atoms with Crippen molar-refractivity contribution in [2.24, 2.45) is 0 Å². The number of amides is 1. The molecule has 0 spiro atoms. The Morgan fingerprint density at radius 1 is 1.15 bits per heavy atom. The second kappa shape index (κ2) is 7.49. The summed E-state index contributed by atoms with van der Waals surface area (Å²) < 4.78 is 9.00. The Balaban J connectivity index is 2.85. The number of halogens is 1. The minimum absolute atomic E-state index is 0.475. The van der Waals surface area contributed by atoms with Crippen molar-refractivity contribution >= 4 is 29.4 Å². The SMILES string of the molecule is COC(=O)CC(=O)NC(C(=O)OC)c1ccc(Cl)cc1. The maximum absolute atomic E-state index is 11.7. The number of nitrogens with one attached hydrogen (secondary N) is 1. The number of ether oxygens (including phenoxy) is 2. The molecule has 0 radical (unpaired) electrons. The maximum atomic E-state index is 11.7. The molecule has 20 heavy (non-hydrogen) atoms. The van der Waals surface area contributed by atoms with E-state index >= 15 is 0 Å². The van der Waals surface area contributed by atoms with Gasteiger partial charge in [-0.25, -0.2) is 4.79 Å². The first-order chi connectivity index (χ1) is 9.47. The topological polar surface area (TPSA) is 81.7 Å². The van der Waals surface area contributed by atoms with Gasteiger partial charge in [0.2, 0.25) is 5.91 Å². The molecule has 1 amide bonds. The molecule has 1 aromatic carbocycles. The molecule has 0 saturated carbocycles. The molecule has 1 N–H and O–H groups in total. The van der Waals surface area contributed by atoms with Crippen LogP contribution in [0.2, 0.25) is 5.02 Å². The molecule has 7 heteroatoms. The van der Waals surface area contributed by atoms with Crippen molar-refractivity contribution in [3.63, 3.8) is 0 Å². The lowest BCUT2D eigenvalue weighted by molar-refractivity contribution is -0.148. The van der Waals surface area contributed by atoms with Crippen LogP contribution in [0.1, 0.15) is 18.0 Å². The van der Waals surface area contributed by atoms with Gasteiger partial charge in [0, 0.05) is 5.02 Å². The van der Waals surface area contributed by atoms with Gasteiger partial charge < -0.3 is 14.8 Å². The average Bonchev–Trinajstić information content (AvgIpc) is 2.44. The molecular weight excluding hydrogens is 286 g/mol. The quantitative estimate of drug-likeness (QED) is 0.653. The van der Waals surface area contributed by atoms with Gasteiger partial charge in [0.05, 0.1) is 14.2 Å². The Hall–Kier alpha value is -2.08. The number of hydrogen-bond donors (Lipinski definition) is 1. The van der Waals surface area contributed by atoms with Crippen LogP contribution in [0.3, 0.4) is 0 Å². The predicted molar refractivity (Wildman–Crippen MR) is 71.0 cm³/mol. The van der Waals surface area contributed by atoms with Gasteiger partial charge >= 0.3 is 11.9 Å². The number of carbonyl (C=O) groups is 3. The van der Waals surface area contributed by atoms with Gasteiger partial charge in [0.1, 0.15) is 6.42 Å². The normalized spacial score (nSPS) is 11.3. The molecule has 0 aliphatic carbocycles. The standard InChI is InChI=1S/C13H14ClNO5/c1-19-11(17)7-10(16)15-12(13(18)20-2)8-3-5-9(14)6-4-8/h3-6,12H,7H2,1-2H3,(H,15,16). The van der Waals surface area contributed by atoms with E-state index in [0.717, 1.165) is 0 Å². The molecule has 0 bridgehead atoms. The zero-order valence-electron chi connectivity index (χ0n) is 11.0. The van der Waals surface area contributed by atoms with E-state index in [1.54, 1.807) is 24.3 Å². The molecule has 1 atom stereocenters. The monoisotopic (exact) mass is 299 g/mol. The maximum Gasteiger partial charge on any atom is 0.333 e. The molecule has 0 fully saturated rings. The lowest BCUT2D eigenvalue weighted by Gasteiger charge is -2.16. The van der Waals surface area contributed by atoms with Crippen molar-refractivity contribution in [1.29, 1.82) is 0 Å². The Bertz CT molecular complexity index is 500. The lowest BCUT2D eigenvalue weighted by atomic mass is 10.1. The van der Waals surface area contributed by atoms with Crippen molar-refractivity contribution in [1.82, 2.24) is 5.32 Å². The molecule has 0 aromatic heterocycles. The number of esters is 2. The van der Waals surface area contributed by atoms with Gasteiger partial charge in [-0.05, 0) is 17.7 Å². The van der Waals surface area contributed by atoms with Crippen LogP contribution in [0.25, 0.3) is 0 Å². The number of methoxy groups -OCH3 is 2. The van der Waals surface area contributed by atoms with E-state index in [1.807, 2.05) is 0 Å². The van der Waals surface area contributed by atoms with Crippen molar-refractivity contribution in [3.05, 3.63) is 34.9 Å². The summed E-state index contributed by atoms with van der Waals surface area (Å²) >= 11 is 5.76. The fourth-order valence-electron chi connectivity index (χ4n) is 1.47. The molecule has 1 unspecified atom stereocenters. The highest BCUT2D eigenvalue weighted by Gasteiger charge is 2.24. The Morgan fingerprint density at radius 2 is 1.75 bits per heavy atom. The molecule has 1 aromatic rings. The highest BCUT2D eigenvalue weighted by atomic mass is 35.5. The van der Waals surface area contributed by atoms with E-state index in [-0.39, 0.29) is 0 Å². The Morgan fingerprint density at radius 3 is 2.25 bits per heavy atom. The average molecular weight is 300 g/mol. The van der Waals surface area contributed by atoms with Crippen molar-refractivity contribution in [2.45, 2.75) is 12.5 Å². The molecule has 6 nitrogen and oxygen atoms in total. The highest BCUT2D eigenvalue weighted by molar-refractivity contribution is 6.30. The molecular formula is C13H14ClNO5. The largest absolute Gasteiger partial charge is 0.469 e. The molecule has 0 aliphatic rings. The van der Waals surface area contributed by atoms with Crippen LogP contribution in [0.4, 0.5) is 0 Å². The van der Waals surface area contributed by atoms with Crippen LogP contribution in [0, 0.1) is 0 Å². The van der Waals surface area contributed by atoms with Gasteiger partial charge in [-0.1, -0.05) is 23.7 Å². The summed E-state index contributed by atoms with van der Waals surface area (Å²) in [5.41, 5.74) is 0.500. The third-order valence-corrected chi connectivity index (χ3v) is 2.73. The van der Waals surface area contributed by atoms with Gasteiger partial charge in [-0.15, -0.1) is 0 Å². The molecule has 0 saturated heterocycles. The lowest BCUT2D eigenvalue weighted by Crippen LogP contribution is -2.35. The smallest absolute Gasteiger partial charge is 0.333 e. The van der Waals surface area contributed by atoms with E-state index in [0.29, 0.717) is 10.6 Å². The highest BCUT2D eigenvalue weighted by Crippen LogP contribution is 2.18. The van der Waals surface area contributed by atoms with Crippen molar-refractivity contribution in [2.75, 3.05) is 14.2 Å². The van der Waals surface area contributed by atoms with Gasteiger partial charge in [-0.2, -0.15) is 0 Å². The van der Waals surface area contributed by atoms with E-state index in [4.69, 9.17) is 11.6 Å². The van der Waals surface area contributed by atoms with Crippen molar-refractivity contribution in [3.8, 4) is 0 Å². The third-order valence-electron chi connectivity index (χ3n) is 2.48. The van der Waals surface area contributed by atoms with Crippen LogP contribution in [-0.4, -0.2) is 32.1 Å². The summed E-state index contributed by atoms with van der Waals surface area (Å²) in [5, 5.41) is 2.91. The van der Waals surface area contributed by atoms with Gasteiger partial charge in [0.15, 0.2) is 6.04 Å². The van der Waals surface area contributed by atoms with E-state index < -0.39 is 30.3 Å². The van der Waals surface area contributed by atoms with Crippen LogP contribution < -0.4 is 5.32 Å². The fourth-order valence-corrected chi connectivity index (χ4v) is 1.59. The molecule has 0 aliphatic heterocycles. The summed E-state index contributed by atoms with van der Waals surface area (Å²) in [6.07, 6.45) is -0.475. The molecule has 108 valence electrons. The zero-order valence-corrected chi connectivity index (χ0v) is 11.8. The summed E-state index contributed by atoms with van der Waals surface area (Å²) in [4.78, 5) is 34.3. The number of benzene rings is 1. The van der Waals surface area contributed by atoms with Crippen molar-refractivity contribution < 1.29 is 23.9 Å². The molecule has 0 heterocycles. The van der Waals surface area contributed by atoms with Crippen LogP contribution in [-0.2, 0) is 23.9 Å². The number of hydrogen-bond acceptors (Lipinski definition) is 5. The summed E-state index contributed by atoms with van der Waals surface area (Å²) in [6, 6.07) is 5.33. The predicted octanol–water partition coefficient (Wildman–Crippen LogP) is 1.23. The Labute approximate surface area is 121 Å². The second-order valence-electron chi connectivity index (χ2n) is 3.83. The van der Waals surface area contributed by atoms with E-state index in [9.17, 15) is 14.4 Å². The van der Waals surface area contributed by atoms with Crippen LogP contribution in [0.5, 0.6) is 0 Å². The fraction of sp³-hybridized carbons (Fsp3) is 0.308. The zero-order chi connectivity index (χ0) is 15.1. The Kier molecular flexibility index (Phi) is 5.99. The summed E-state index contributed by atoms with van der Waals surface area (Å²) in [6.45, 7) is 0. The first-order valence-electron chi connectivity index (χ1n) is 5.67. The second-order valence-corrected chi connectivity index (χ2v) is 4.26. The summed E-state index contributed by atoms with van der Waals surface area (Å²) in [7, 11) is 2.38. The van der Waals surface area contributed by atoms with Crippen LogP contribution in [0.15, 0.2) is 24.3 Å². The van der Waals surface area contributed by atoms with E-state index in [2.05, 4.69) is 14.8 Å². The minimum Gasteiger partial charge on any atom is -0.469 e. The van der Waals surface area contributed by atoms with Gasteiger partial charge in [-0.3, -0.25) is 9.59 Å². The van der Waals surface area contributed by atoms with Gasteiger partial charge in [0.25, 0.3) is 0 Å².